The molecule has 4 nitrogen and oxygen atoms in total. The number of hydrogen-bond acceptors (Lipinski definition) is 3. The summed E-state index contributed by atoms with van der Waals surface area (Å²) in [5.41, 5.74) is 0. The highest BCUT2D eigenvalue weighted by Crippen LogP contribution is 2.24. The highest BCUT2D eigenvalue weighted by molar-refractivity contribution is 5.80. The number of hydrogen-bond donors (Lipinski definition) is 2. The molecule has 0 aromatic heterocycles. The third kappa shape index (κ3) is 2.92. The molecule has 1 aliphatic heterocycles. The van der Waals surface area contributed by atoms with E-state index in [4.69, 9.17) is 4.74 Å². The first-order valence-electron chi connectivity index (χ1n) is 5.83. The molecule has 1 amide bonds. The van der Waals surface area contributed by atoms with Crippen molar-refractivity contribution in [3.8, 4) is 0 Å². The Morgan fingerprint density at radius 3 is 2.87 bits per heavy atom. The highest BCUT2D eigenvalue weighted by atomic mass is 16.5. The SMILES string of the molecule is O=C(NCC1CCC(O)C1)C1CCCO1. The molecule has 0 aromatic rings. The zero-order valence-corrected chi connectivity index (χ0v) is 8.95. The summed E-state index contributed by atoms with van der Waals surface area (Å²) in [6.45, 7) is 1.40. The smallest absolute Gasteiger partial charge is 0.249 e. The van der Waals surface area contributed by atoms with Gasteiger partial charge < -0.3 is 15.2 Å². The molecule has 0 spiro atoms. The molecule has 2 rings (SSSR count). The maximum atomic E-state index is 11.6. The normalized spacial score (nSPS) is 35.7. The molecule has 0 aromatic carbocycles. The average molecular weight is 213 g/mol. The molecule has 1 heterocycles. The summed E-state index contributed by atoms with van der Waals surface area (Å²) in [5, 5.41) is 12.3. The van der Waals surface area contributed by atoms with Crippen LogP contribution in [0.2, 0.25) is 0 Å². The summed E-state index contributed by atoms with van der Waals surface area (Å²) in [4.78, 5) is 11.6. The quantitative estimate of drug-likeness (QED) is 0.715. The van der Waals surface area contributed by atoms with E-state index in [9.17, 15) is 9.90 Å². The Bertz CT molecular complexity index is 226. The van der Waals surface area contributed by atoms with Crippen molar-refractivity contribution in [1.29, 1.82) is 0 Å². The van der Waals surface area contributed by atoms with Crippen LogP contribution in [0, 0.1) is 5.92 Å². The van der Waals surface area contributed by atoms with E-state index in [1.165, 1.54) is 0 Å². The second kappa shape index (κ2) is 4.94. The van der Waals surface area contributed by atoms with Gasteiger partial charge in [0.05, 0.1) is 6.10 Å². The number of carbonyl (C=O) groups is 1. The lowest BCUT2D eigenvalue weighted by Crippen LogP contribution is -2.36. The van der Waals surface area contributed by atoms with Crippen LogP contribution in [0.15, 0.2) is 0 Å². The number of ether oxygens (including phenoxy) is 1. The highest BCUT2D eigenvalue weighted by Gasteiger charge is 2.26. The van der Waals surface area contributed by atoms with Gasteiger partial charge in [-0.15, -0.1) is 0 Å². The van der Waals surface area contributed by atoms with Crippen LogP contribution in [0.3, 0.4) is 0 Å². The number of aliphatic hydroxyl groups excluding tert-OH is 1. The minimum atomic E-state index is -0.226. The maximum Gasteiger partial charge on any atom is 0.249 e. The molecule has 0 bridgehead atoms. The van der Waals surface area contributed by atoms with Gasteiger partial charge in [-0.2, -0.15) is 0 Å². The fourth-order valence-corrected chi connectivity index (χ4v) is 2.38. The average Bonchev–Trinajstić information content (AvgIpc) is 2.84. The third-order valence-corrected chi connectivity index (χ3v) is 3.30. The van der Waals surface area contributed by atoms with Gasteiger partial charge in [-0.25, -0.2) is 0 Å². The van der Waals surface area contributed by atoms with Crippen LogP contribution in [0.5, 0.6) is 0 Å². The molecule has 86 valence electrons. The van der Waals surface area contributed by atoms with Gasteiger partial charge in [0.15, 0.2) is 0 Å². The van der Waals surface area contributed by atoms with E-state index >= 15 is 0 Å². The van der Waals surface area contributed by atoms with Crippen LogP contribution in [0.4, 0.5) is 0 Å². The molecule has 1 saturated carbocycles. The molecule has 15 heavy (non-hydrogen) atoms. The summed E-state index contributed by atoms with van der Waals surface area (Å²) in [6.07, 6.45) is 4.17. The van der Waals surface area contributed by atoms with E-state index in [0.29, 0.717) is 19.1 Å². The van der Waals surface area contributed by atoms with E-state index in [-0.39, 0.29) is 18.1 Å². The van der Waals surface area contributed by atoms with Gasteiger partial charge in [-0.3, -0.25) is 4.79 Å². The maximum absolute atomic E-state index is 11.6. The molecule has 2 N–H and O–H groups in total. The first-order chi connectivity index (χ1) is 7.25. The summed E-state index contributed by atoms with van der Waals surface area (Å²) < 4.78 is 5.29. The van der Waals surface area contributed by atoms with Crippen LogP contribution in [0.25, 0.3) is 0 Å². The van der Waals surface area contributed by atoms with Gasteiger partial charge in [-0.05, 0) is 38.0 Å². The van der Waals surface area contributed by atoms with Crippen molar-refractivity contribution in [3.05, 3.63) is 0 Å². The largest absolute Gasteiger partial charge is 0.393 e. The number of nitrogens with one attached hydrogen (secondary N) is 1. The predicted octanol–water partition coefficient (Wildman–Crippen LogP) is 0.443. The zero-order chi connectivity index (χ0) is 10.7. The second-order valence-corrected chi connectivity index (χ2v) is 4.58. The molecule has 1 saturated heterocycles. The standard InChI is InChI=1S/C11H19NO3/c13-9-4-3-8(6-9)7-12-11(14)10-2-1-5-15-10/h8-10,13H,1-7H2,(H,12,14). The molecular weight excluding hydrogens is 194 g/mol. The van der Waals surface area contributed by atoms with Crippen LogP contribution in [-0.4, -0.2) is 36.4 Å². The minimum Gasteiger partial charge on any atom is -0.393 e. The Labute approximate surface area is 90.0 Å². The Hall–Kier alpha value is -0.610. The van der Waals surface area contributed by atoms with Gasteiger partial charge >= 0.3 is 0 Å². The summed E-state index contributed by atoms with van der Waals surface area (Å²) >= 11 is 0. The Morgan fingerprint density at radius 1 is 1.40 bits per heavy atom. The van der Waals surface area contributed by atoms with Crippen LogP contribution in [0.1, 0.15) is 32.1 Å². The number of amides is 1. The van der Waals surface area contributed by atoms with E-state index < -0.39 is 0 Å². The Balaban J connectivity index is 1.66. The lowest BCUT2D eigenvalue weighted by atomic mass is 10.1. The van der Waals surface area contributed by atoms with Gasteiger partial charge in [0.1, 0.15) is 6.10 Å². The van der Waals surface area contributed by atoms with Crippen LogP contribution in [-0.2, 0) is 9.53 Å². The second-order valence-electron chi connectivity index (χ2n) is 4.58. The number of rotatable bonds is 3. The summed E-state index contributed by atoms with van der Waals surface area (Å²) in [6, 6.07) is 0. The lowest BCUT2D eigenvalue weighted by Gasteiger charge is -2.13. The zero-order valence-electron chi connectivity index (χ0n) is 8.95. The Morgan fingerprint density at radius 2 is 2.27 bits per heavy atom. The minimum absolute atomic E-state index is 0.0221. The first kappa shape index (κ1) is 10.9. The fourth-order valence-electron chi connectivity index (χ4n) is 2.38. The lowest BCUT2D eigenvalue weighted by molar-refractivity contribution is -0.130. The molecule has 3 atom stereocenters. The molecule has 4 heteroatoms. The van der Waals surface area contributed by atoms with Crippen LogP contribution < -0.4 is 5.32 Å². The van der Waals surface area contributed by atoms with Gasteiger partial charge in [0, 0.05) is 13.2 Å². The molecule has 2 aliphatic rings. The summed E-state index contributed by atoms with van der Waals surface area (Å²) in [7, 11) is 0. The van der Waals surface area contributed by atoms with Crippen molar-refractivity contribution in [2.45, 2.75) is 44.3 Å². The number of carbonyl (C=O) groups excluding carboxylic acids is 1. The predicted molar refractivity (Wildman–Crippen MR) is 55.3 cm³/mol. The summed E-state index contributed by atoms with van der Waals surface area (Å²) in [5.74, 6) is 0.472. The van der Waals surface area contributed by atoms with Gasteiger partial charge in [0.25, 0.3) is 0 Å². The van der Waals surface area contributed by atoms with Gasteiger partial charge in [-0.1, -0.05) is 0 Å². The molecule has 3 unspecified atom stereocenters. The van der Waals surface area contributed by atoms with E-state index in [1.54, 1.807) is 0 Å². The molecular formula is C11H19NO3. The van der Waals surface area contributed by atoms with Crippen molar-refractivity contribution in [1.82, 2.24) is 5.32 Å². The van der Waals surface area contributed by atoms with Crippen molar-refractivity contribution >= 4 is 5.91 Å². The third-order valence-electron chi connectivity index (χ3n) is 3.30. The molecule has 0 radical (unpaired) electrons. The van der Waals surface area contributed by atoms with Crippen molar-refractivity contribution in [2.75, 3.05) is 13.2 Å². The van der Waals surface area contributed by atoms with Crippen LogP contribution >= 0.6 is 0 Å². The molecule has 2 fully saturated rings. The fraction of sp³-hybridized carbons (Fsp3) is 0.909. The van der Waals surface area contributed by atoms with Crippen molar-refractivity contribution < 1.29 is 14.6 Å². The van der Waals surface area contributed by atoms with E-state index in [2.05, 4.69) is 5.32 Å². The van der Waals surface area contributed by atoms with E-state index in [1.807, 2.05) is 0 Å². The monoisotopic (exact) mass is 213 g/mol. The van der Waals surface area contributed by atoms with Gasteiger partial charge in [0.2, 0.25) is 5.91 Å². The topological polar surface area (TPSA) is 58.6 Å². The van der Waals surface area contributed by atoms with Crippen molar-refractivity contribution in [2.24, 2.45) is 5.92 Å². The van der Waals surface area contributed by atoms with Crippen molar-refractivity contribution in [3.63, 3.8) is 0 Å². The van der Waals surface area contributed by atoms with E-state index in [0.717, 1.165) is 32.1 Å². The molecule has 1 aliphatic carbocycles. The Kier molecular flexibility index (Phi) is 3.59. The number of aliphatic hydroxyl groups is 1. The first-order valence-corrected chi connectivity index (χ1v) is 5.83.